The summed E-state index contributed by atoms with van der Waals surface area (Å²) in [5.41, 5.74) is 0. The van der Waals surface area contributed by atoms with Crippen LogP contribution in [0.5, 0.6) is 0 Å². The molecule has 10 heavy (non-hydrogen) atoms. The van der Waals surface area contributed by atoms with E-state index in [0.29, 0.717) is 0 Å². The van der Waals surface area contributed by atoms with E-state index in [1.165, 1.54) is 0 Å². The fourth-order valence-electron chi connectivity index (χ4n) is 0. The van der Waals surface area contributed by atoms with Crippen molar-refractivity contribution in [3.8, 4) is 0 Å². The van der Waals surface area contributed by atoms with Crippen molar-refractivity contribution in [3.63, 3.8) is 0 Å². The van der Waals surface area contributed by atoms with Crippen LogP contribution < -0.4 is 63.4 Å². The first kappa shape index (κ1) is 18.8. The SMILES string of the molecule is [Cl][Rh]([Cl])[Cl].[Na+].[O-][I+3]([O-])([O-])[O-]. The quantitative estimate of drug-likeness (QED) is 0.286. The van der Waals surface area contributed by atoms with Crippen LogP contribution in [0.1, 0.15) is 0 Å². The Morgan fingerprint density at radius 1 is 0.900 bits per heavy atom. The first-order chi connectivity index (χ1) is 3.73. The largest absolute Gasteiger partial charge is 1.00 e. The van der Waals surface area contributed by atoms with Crippen LogP contribution in [-0.2, 0) is 13.0 Å². The topological polar surface area (TPSA) is 92.2 Å². The van der Waals surface area contributed by atoms with Crippen molar-refractivity contribution in [2.24, 2.45) is 0 Å². The van der Waals surface area contributed by atoms with Gasteiger partial charge in [0.15, 0.2) is 0 Å². The summed E-state index contributed by atoms with van der Waals surface area (Å²) < 4.78 is 34.5. The third-order valence-electron chi connectivity index (χ3n) is 0. The first-order valence-electron chi connectivity index (χ1n) is 0.995. The zero-order valence-electron chi connectivity index (χ0n) is 4.48. The van der Waals surface area contributed by atoms with Crippen LogP contribution >= 0.6 is 29.1 Å². The van der Waals surface area contributed by atoms with E-state index in [9.17, 15) is 0 Å². The standard InChI is InChI=1S/3ClH.IO4.Na.Rh/c;;;2-1(3,4)5;;/h3*1H;;;/q;;;-1;+1;+3/p-3. The van der Waals surface area contributed by atoms with Crippen LogP contribution in [-0.4, -0.2) is 0 Å². The zero-order valence-corrected chi connectivity index (χ0v) is 12.5. The number of hydrogen-bond acceptors (Lipinski definition) is 4. The normalized spacial score (nSPS) is 10.5. The number of rotatable bonds is 0. The Labute approximate surface area is 104 Å². The van der Waals surface area contributed by atoms with Crippen molar-refractivity contribution in [2.75, 3.05) is 0 Å². The second-order valence-corrected chi connectivity index (χ2v) is 10.1. The van der Waals surface area contributed by atoms with E-state index < -0.39 is 33.1 Å². The van der Waals surface area contributed by atoms with Gasteiger partial charge in [-0.1, -0.05) is 0 Å². The molecule has 0 N–H and O–H groups in total. The Hall–Kier alpha value is 3.06. The smallest absolute Gasteiger partial charge is 0.286 e. The molecule has 0 saturated carbocycles. The van der Waals surface area contributed by atoms with Gasteiger partial charge in [-0.15, -0.1) is 0 Å². The Morgan fingerprint density at radius 3 is 0.900 bits per heavy atom. The molecule has 0 fully saturated rings. The fourth-order valence-corrected chi connectivity index (χ4v) is 0. The molecule has 0 aromatic carbocycles. The summed E-state index contributed by atoms with van der Waals surface area (Å²) in [5.74, 6) is 0. The molecule has 0 aliphatic carbocycles. The summed E-state index contributed by atoms with van der Waals surface area (Å²) in [7, 11) is 14.8. The van der Waals surface area contributed by atoms with Gasteiger partial charge in [-0.2, -0.15) is 0 Å². The van der Waals surface area contributed by atoms with Crippen LogP contribution in [0.3, 0.4) is 0 Å². The molecule has 4 nitrogen and oxygen atoms in total. The van der Waals surface area contributed by atoms with E-state index in [0.717, 1.165) is 0 Å². The minimum absolute atomic E-state index is 0. The van der Waals surface area contributed by atoms with Crippen molar-refractivity contribution < 1.29 is 76.4 Å². The Balaban J connectivity index is -0.0000000910. The summed E-state index contributed by atoms with van der Waals surface area (Å²) in [6.45, 7) is 0. The van der Waals surface area contributed by atoms with Crippen LogP contribution in [0, 0.1) is 0 Å². The molecule has 0 rings (SSSR count). The predicted molar refractivity (Wildman–Crippen MR) is 17.6 cm³/mol. The van der Waals surface area contributed by atoms with Gasteiger partial charge in [-0.3, -0.25) is 13.7 Å². The maximum Gasteiger partial charge on any atom is 1.00 e. The van der Waals surface area contributed by atoms with Gasteiger partial charge in [-0.25, -0.2) is 0 Å². The molecule has 0 saturated heterocycles. The van der Waals surface area contributed by atoms with Gasteiger partial charge in [-0.05, 0) is 0 Å². The summed E-state index contributed by atoms with van der Waals surface area (Å²) in [6, 6.07) is 0. The molecule has 0 heterocycles. The van der Waals surface area contributed by atoms with E-state index in [-0.39, 0.29) is 29.6 Å². The van der Waals surface area contributed by atoms with E-state index in [1.807, 2.05) is 0 Å². The third-order valence-corrected chi connectivity index (χ3v) is 0. The second-order valence-electron chi connectivity index (χ2n) is 0.521. The molecule has 0 unspecified atom stereocenters. The molecular weight excluding hydrogens is 423 g/mol. The summed E-state index contributed by atoms with van der Waals surface area (Å²) in [5, 5.41) is 0. The van der Waals surface area contributed by atoms with Crippen molar-refractivity contribution in [3.05, 3.63) is 0 Å². The van der Waals surface area contributed by atoms with Gasteiger partial charge in [0.2, 0.25) is 0 Å². The van der Waals surface area contributed by atoms with Crippen LogP contribution in [0.2, 0.25) is 0 Å². The average Bonchev–Trinajstić information content (AvgIpc) is 1.19. The maximum absolute atomic E-state index is 8.62. The molecule has 0 aliphatic heterocycles. The average molecular weight is 423 g/mol. The minimum Gasteiger partial charge on any atom is -0.286 e. The molecule has 0 radical (unpaired) electrons. The Bertz CT molecular complexity index is 57.3. The molecule has 0 bridgehead atoms. The summed E-state index contributed by atoms with van der Waals surface area (Å²) >= 11 is -7.60. The van der Waals surface area contributed by atoms with Crippen molar-refractivity contribution in [1.29, 1.82) is 0 Å². The monoisotopic (exact) mass is 422 g/mol. The van der Waals surface area contributed by atoms with Crippen LogP contribution in [0.15, 0.2) is 0 Å². The Morgan fingerprint density at radius 2 is 0.900 bits per heavy atom. The van der Waals surface area contributed by atoms with E-state index >= 15 is 0 Å². The summed E-state index contributed by atoms with van der Waals surface area (Å²) in [4.78, 5) is 0. The fraction of sp³-hybridized carbons (Fsp3) is 0. The van der Waals surface area contributed by atoms with Gasteiger partial charge in [0.1, 0.15) is 20.1 Å². The van der Waals surface area contributed by atoms with Gasteiger partial charge >= 0.3 is 71.6 Å². The molecule has 0 aliphatic rings. The molecule has 0 aromatic heterocycles. The number of halogens is 4. The molecule has 62 valence electrons. The molecular formula is Cl3INaO4Rh. The van der Waals surface area contributed by atoms with E-state index in [2.05, 4.69) is 0 Å². The van der Waals surface area contributed by atoms with Crippen molar-refractivity contribution in [1.82, 2.24) is 0 Å². The molecule has 0 atom stereocenters. The molecule has 10 heteroatoms. The van der Waals surface area contributed by atoms with Crippen molar-refractivity contribution >= 4 is 29.1 Å². The minimum atomic E-state index is -5.94. The van der Waals surface area contributed by atoms with E-state index in [1.54, 1.807) is 0 Å². The van der Waals surface area contributed by atoms with Gasteiger partial charge in [0.05, 0.1) is 0 Å². The van der Waals surface area contributed by atoms with Crippen molar-refractivity contribution in [2.45, 2.75) is 0 Å². The van der Waals surface area contributed by atoms with Crippen LogP contribution in [0.25, 0.3) is 0 Å². The van der Waals surface area contributed by atoms with Crippen LogP contribution in [0.4, 0.5) is 0 Å². The van der Waals surface area contributed by atoms with Gasteiger partial charge in [0, 0.05) is 0 Å². The molecule has 0 amide bonds. The summed E-state index contributed by atoms with van der Waals surface area (Å²) in [6.07, 6.45) is 0. The molecule has 0 aromatic rings. The Kier molecular flexibility index (Phi) is 19.0. The second kappa shape index (κ2) is 10.1. The first-order valence-corrected chi connectivity index (χ1v) is 10.8. The van der Waals surface area contributed by atoms with E-state index in [4.69, 9.17) is 42.8 Å². The maximum atomic E-state index is 8.62. The zero-order chi connectivity index (χ0) is 8.08. The van der Waals surface area contributed by atoms with Gasteiger partial charge < -0.3 is 0 Å². The third kappa shape index (κ3) is 119. The predicted octanol–water partition coefficient (Wildman–Crippen LogP) is -8.68. The molecule has 0 spiro atoms. The van der Waals surface area contributed by atoms with Gasteiger partial charge in [0.25, 0.3) is 0 Å². The number of hydrogen-bond donors (Lipinski definition) is 0.